The molecule has 140 valence electrons. The van der Waals surface area contributed by atoms with E-state index >= 15 is 0 Å². The van der Waals surface area contributed by atoms with E-state index in [2.05, 4.69) is 37.2 Å². The molecule has 0 spiro atoms. The first-order chi connectivity index (χ1) is 12.4. The molecule has 1 saturated heterocycles. The summed E-state index contributed by atoms with van der Waals surface area (Å²) in [5, 5.41) is 7.01. The van der Waals surface area contributed by atoms with Crippen molar-refractivity contribution in [3.63, 3.8) is 0 Å². The molecular formula is C17H25N7O2. The lowest BCUT2D eigenvalue weighted by molar-refractivity contribution is 0.102. The van der Waals surface area contributed by atoms with E-state index in [4.69, 9.17) is 4.74 Å². The third-order valence-corrected chi connectivity index (χ3v) is 4.52. The Balaban J connectivity index is 1.81. The molecule has 0 bridgehead atoms. The number of likely N-dealkylation sites (N-methyl/N-ethyl adjacent to an activating group) is 1. The summed E-state index contributed by atoms with van der Waals surface area (Å²) in [6.45, 7) is 7.53. The van der Waals surface area contributed by atoms with E-state index < -0.39 is 0 Å². The Labute approximate surface area is 153 Å². The van der Waals surface area contributed by atoms with Crippen LogP contribution in [-0.4, -0.2) is 70.9 Å². The van der Waals surface area contributed by atoms with Crippen molar-refractivity contribution >= 4 is 17.5 Å². The Kier molecular flexibility index (Phi) is 5.08. The summed E-state index contributed by atoms with van der Waals surface area (Å²) in [7, 11) is 5.34. The summed E-state index contributed by atoms with van der Waals surface area (Å²) in [5.74, 6) is 0.706. The van der Waals surface area contributed by atoms with Crippen molar-refractivity contribution in [2.45, 2.75) is 13.8 Å². The number of ether oxygens (including phenoxy) is 1. The first-order valence-electron chi connectivity index (χ1n) is 8.56. The van der Waals surface area contributed by atoms with Crippen LogP contribution < -0.4 is 15.0 Å². The maximum Gasteiger partial charge on any atom is 0.262 e. The number of carbonyl (C=O) groups excluding carboxylic acids is 1. The lowest BCUT2D eigenvalue weighted by Crippen LogP contribution is -2.45. The normalized spacial score (nSPS) is 15.2. The molecule has 0 radical (unpaired) electrons. The van der Waals surface area contributed by atoms with Gasteiger partial charge in [-0.15, -0.1) is 5.10 Å². The topological polar surface area (TPSA) is 88.4 Å². The van der Waals surface area contributed by atoms with Crippen LogP contribution in [0.2, 0.25) is 0 Å². The van der Waals surface area contributed by atoms with Gasteiger partial charge in [0.2, 0.25) is 11.8 Å². The van der Waals surface area contributed by atoms with Gasteiger partial charge in [-0.2, -0.15) is 0 Å². The Morgan fingerprint density at radius 2 is 1.73 bits per heavy atom. The summed E-state index contributed by atoms with van der Waals surface area (Å²) >= 11 is 0. The van der Waals surface area contributed by atoms with Crippen molar-refractivity contribution < 1.29 is 9.53 Å². The van der Waals surface area contributed by atoms with Crippen LogP contribution in [0.15, 0.2) is 6.20 Å². The number of methoxy groups -OCH3 is 1. The first-order valence-corrected chi connectivity index (χ1v) is 8.56. The number of aromatic nitrogens is 4. The molecular weight excluding hydrogens is 334 g/mol. The van der Waals surface area contributed by atoms with E-state index in [9.17, 15) is 4.79 Å². The summed E-state index contributed by atoms with van der Waals surface area (Å²) in [6.07, 6.45) is 1.62. The Bertz CT molecular complexity index is 786. The molecule has 26 heavy (non-hydrogen) atoms. The lowest BCUT2D eigenvalue weighted by atomic mass is 10.2. The number of carbonyl (C=O) groups is 1. The first kappa shape index (κ1) is 18.1. The van der Waals surface area contributed by atoms with E-state index in [-0.39, 0.29) is 11.8 Å². The van der Waals surface area contributed by atoms with Crippen LogP contribution in [0.25, 0.3) is 0 Å². The van der Waals surface area contributed by atoms with Gasteiger partial charge in [0.25, 0.3) is 5.91 Å². The monoisotopic (exact) mass is 359 g/mol. The zero-order valence-corrected chi connectivity index (χ0v) is 15.9. The highest BCUT2D eigenvalue weighted by atomic mass is 16.5. The van der Waals surface area contributed by atoms with Gasteiger partial charge in [-0.05, 0) is 20.9 Å². The fourth-order valence-corrected chi connectivity index (χ4v) is 2.98. The number of anilines is 2. The molecule has 1 fully saturated rings. The standard InChI is InChI=1S/C17H25N7O2/c1-11-14(20-15(25)13-10-23(4)21-16(13)26-5)12(2)19-17(18-11)24-8-6-22(3)7-9-24/h10H,6-9H2,1-5H3,(H,20,25). The zero-order chi connectivity index (χ0) is 18.8. The Hall–Kier alpha value is -2.68. The zero-order valence-electron chi connectivity index (χ0n) is 15.9. The SMILES string of the molecule is COc1nn(C)cc1C(=O)Nc1c(C)nc(N2CCN(C)CC2)nc1C. The predicted octanol–water partition coefficient (Wildman–Crippen LogP) is 0.840. The smallest absolute Gasteiger partial charge is 0.262 e. The lowest BCUT2D eigenvalue weighted by Gasteiger charge is -2.32. The molecule has 0 saturated carbocycles. The quantitative estimate of drug-likeness (QED) is 0.865. The number of nitrogens with zero attached hydrogens (tertiary/aromatic N) is 6. The molecule has 1 N–H and O–H groups in total. The second-order valence-corrected chi connectivity index (χ2v) is 6.54. The van der Waals surface area contributed by atoms with Gasteiger partial charge in [0.15, 0.2) is 0 Å². The molecule has 3 rings (SSSR count). The molecule has 0 unspecified atom stereocenters. The van der Waals surface area contributed by atoms with Crippen LogP contribution in [0.3, 0.4) is 0 Å². The molecule has 2 aromatic rings. The van der Waals surface area contributed by atoms with E-state index in [1.165, 1.54) is 7.11 Å². The molecule has 1 aliphatic heterocycles. The number of hydrogen-bond acceptors (Lipinski definition) is 7. The molecule has 2 aromatic heterocycles. The van der Waals surface area contributed by atoms with E-state index in [1.54, 1.807) is 17.9 Å². The van der Waals surface area contributed by atoms with Crippen molar-refractivity contribution in [3.8, 4) is 5.88 Å². The second-order valence-electron chi connectivity index (χ2n) is 6.54. The van der Waals surface area contributed by atoms with Crippen molar-refractivity contribution in [3.05, 3.63) is 23.1 Å². The van der Waals surface area contributed by atoms with Gasteiger partial charge in [-0.25, -0.2) is 9.97 Å². The molecule has 9 nitrogen and oxygen atoms in total. The predicted molar refractivity (Wildman–Crippen MR) is 98.9 cm³/mol. The van der Waals surface area contributed by atoms with Gasteiger partial charge in [0.1, 0.15) is 5.56 Å². The average Bonchev–Trinajstić information content (AvgIpc) is 2.99. The van der Waals surface area contributed by atoms with Crippen LogP contribution in [0, 0.1) is 13.8 Å². The van der Waals surface area contributed by atoms with Gasteiger partial charge >= 0.3 is 0 Å². The van der Waals surface area contributed by atoms with Crippen molar-refractivity contribution in [2.75, 3.05) is 50.6 Å². The minimum absolute atomic E-state index is 0.287. The highest BCUT2D eigenvalue weighted by molar-refractivity contribution is 6.06. The van der Waals surface area contributed by atoms with E-state index in [0.717, 1.165) is 37.6 Å². The highest BCUT2D eigenvalue weighted by Gasteiger charge is 2.21. The minimum atomic E-state index is -0.294. The minimum Gasteiger partial charge on any atom is -0.479 e. The molecule has 9 heteroatoms. The number of hydrogen-bond donors (Lipinski definition) is 1. The molecule has 0 aromatic carbocycles. The number of aryl methyl sites for hydroxylation is 3. The summed E-state index contributed by atoms with van der Waals surface area (Å²) < 4.78 is 6.70. The molecule has 3 heterocycles. The van der Waals surface area contributed by atoms with Gasteiger partial charge in [0, 0.05) is 39.4 Å². The number of nitrogens with one attached hydrogen (secondary N) is 1. The van der Waals surface area contributed by atoms with Crippen LogP contribution in [0.4, 0.5) is 11.6 Å². The molecule has 1 aliphatic rings. The number of rotatable bonds is 4. The van der Waals surface area contributed by atoms with Crippen molar-refractivity contribution in [2.24, 2.45) is 7.05 Å². The number of piperazine rings is 1. The van der Waals surface area contributed by atoms with Crippen molar-refractivity contribution in [1.29, 1.82) is 0 Å². The number of amides is 1. The van der Waals surface area contributed by atoms with Crippen LogP contribution in [-0.2, 0) is 7.05 Å². The van der Waals surface area contributed by atoms with Crippen LogP contribution >= 0.6 is 0 Å². The van der Waals surface area contributed by atoms with E-state index in [0.29, 0.717) is 17.2 Å². The van der Waals surface area contributed by atoms with E-state index in [1.807, 2.05) is 13.8 Å². The third kappa shape index (κ3) is 3.62. The summed E-state index contributed by atoms with van der Waals surface area (Å²) in [4.78, 5) is 26.3. The van der Waals surface area contributed by atoms with Gasteiger partial charge in [0.05, 0.1) is 24.2 Å². The highest BCUT2D eigenvalue weighted by Crippen LogP contribution is 2.23. The largest absolute Gasteiger partial charge is 0.479 e. The van der Waals surface area contributed by atoms with Crippen LogP contribution in [0.5, 0.6) is 5.88 Å². The summed E-state index contributed by atoms with van der Waals surface area (Å²) in [5.41, 5.74) is 2.47. The molecule has 0 atom stereocenters. The van der Waals surface area contributed by atoms with Crippen LogP contribution in [0.1, 0.15) is 21.7 Å². The maximum atomic E-state index is 12.6. The fourth-order valence-electron chi connectivity index (χ4n) is 2.98. The Morgan fingerprint density at radius 3 is 2.31 bits per heavy atom. The average molecular weight is 359 g/mol. The van der Waals surface area contributed by atoms with Gasteiger partial charge in [-0.1, -0.05) is 0 Å². The third-order valence-electron chi connectivity index (χ3n) is 4.52. The molecule has 1 amide bonds. The Morgan fingerprint density at radius 1 is 1.12 bits per heavy atom. The second kappa shape index (κ2) is 7.28. The maximum absolute atomic E-state index is 12.6. The molecule has 0 aliphatic carbocycles. The summed E-state index contributed by atoms with van der Waals surface area (Å²) in [6, 6.07) is 0. The fraction of sp³-hybridized carbons (Fsp3) is 0.529. The van der Waals surface area contributed by atoms with Gasteiger partial charge < -0.3 is 19.9 Å². The van der Waals surface area contributed by atoms with Gasteiger partial charge in [-0.3, -0.25) is 9.48 Å². The van der Waals surface area contributed by atoms with Crippen molar-refractivity contribution in [1.82, 2.24) is 24.6 Å².